The average Bonchev–Trinajstić information content (AvgIpc) is 2.90. The molecule has 5 rings (SSSR count). The van der Waals surface area contributed by atoms with Crippen LogP contribution in [-0.4, -0.2) is 0 Å². The van der Waals surface area contributed by atoms with Gasteiger partial charge in [0.25, 0.3) is 0 Å². The van der Waals surface area contributed by atoms with Crippen LogP contribution in [0.2, 0.25) is 0 Å². The summed E-state index contributed by atoms with van der Waals surface area (Å²) in [6.07, 6.45) is 2.29. The molecule has 4 aromatic carbocycles. The second-order valence-electron chi connectivity index (χ2n) is 7.48. The molecule has 0 fully saturated rings. The normalized spacial score (nSPS) is 15.9. The van der Waals surface area contributed by atoms with Crippen molar-refractivity contribution in [2.75, 3.05) is 0 Å². The van der Waals surface area contributed by atoms with E-state index in [-0.39, 0.29) is 0 Å². The maximum atomic E-state index is 2.36. The minimum absolute atomic E-state index is 1.14. The third kappa shape index (κ3) is 2.82. The molecule has 1 aliphatic rings. The predicted octanol–water partition coefficient (Wildman–Crippen LogP) is 5.77. The van der Waals surface area contributed by atoms with Crippen LogP contribution in [0.15, 0.2) is 109 Å². The molecule has 0 saturated heterocycles. The van der Waals surface area contributed by atoms with Gasteiger partial charge in [-0.3, -0.25) is 0 Å². The molecule has 0 bridgehead atoms. The minimum atomic E-state index is -1.99. The third-order valence-corrected chi connectivity index (χ3v) is 10.8. The molecule has 0 atom stereocenters. The van der Waals surface area contributed by atoms with E-state index in [4.69, 9.17) is 0 Å². The van der Waals surface area contributed by atoms with Crippen LogP contribution in [0.5, 0.6) is 0 Å². The van der Waals surface area contributed by atoms with Crippen molar-refractivity contribution in [2.45, 2.75) is 12.3 Å². The summed E-state index contributed by atoms with van der Waals surface area (Å²) in [7, 11) is -1.99. The number of benzene rings is 4. The number of hydrogen-bond donors (Lipinski definition) is 0. The summed E-state index contributed by atoms with van der Waals surface area (Å²) in [6, 6.07) is 40.5. The summed E-state index contributed by atoms with van der Waals surface area (Å²) in [5.41, 5.74) is 5.80. The zero-order chi connectivity index (χ0) is 18.1. The summed E-state index contributed by atoms with van der Waals surface area (Å²) in [4.78, 5) is 0. The average molecular weight is 366 g/mol. The Kier molecular flexibility index (Phi) is 4.15. The summed E-state index contributed by atoms with van der Waals surface area (Å²) < 4.78 is 0. The first-order valence-electron chi connectivity index (χ1n) is 9.64. The molecule has 0 aromatic heterocycles. The summed E-state index contributed by atoms with van der Waals surface area (Å²) in [5, 5.41) is 3.06. The molecule has 1 heterocycles. The second-order valence-corrected chi connectivity index (χ2v) is 11.5. The van der Waals surface area contributed by atoms with Gasteiger partial charge >= 0.3 is 162 Å². The Hall–Kier alpha value is -2.69. The Labute approximate surface area is 161 Å². The van der Waals surface area contributed by atoms with E-state index in [0.717, 1.165) is 12.3 Å². The monoisotopic (exact) mass is 366 g/mol. The molecule has 27 heavy (non-hydrogen) atoms. The van der Waals surface area contributed by atoms with Crippen LogP contribution in [0.4, 0.5) is 0 Å². The zero-order valence-electron chi connectivity index (χ0n) is 15.3. The van der Waals surface area contributed by atoms with Gasteiger partial charge in [-0.1, -0.05) is 0 Å². The van der Waals surface area contributed by atoms with Crippen molar-refractivity contribution in [3.63, 3.8) is 0 Å². The van der Waals surface area contributed by atoms with E-state index in [1.165, 1.54) is 32.9 Å². The maximum absolute atomic E-state index is 2.36. The van der Waals surface area contributed by atoms with E-state index >= 15 is 0 Å². The predicted molar refractivity (Wildman–Crippen MR) is 120 cm³/mol. The van der Waals surface area contributed by atoms with Crippen LogP contribution < -0.4 is 10.6 Å². The van der Waals surface area contributed by atoms with E-state index in [2.05, 4.69) is 109 Å². The molecule has 0 amide bonds. The first-order chi connectivity index (χ1) is 13.4. The van der Waals surface area contributed by atoms with Gasteiger partial charge in [-0.2, -0.15) is 0 Å². The number of rotatable bonds is 2. The van der Waals surface area contributed by atoms with E-state index in [9.17, 15) is 0 Å². The molecule has 0 spiro atoms. The van der Waals surface area contributed by atoms with Gasteiger partial charge in [0.05, 0.1) is 0 Å². The van der Waals surface area contributed by atoms with Crippen LogP contribution in [0.3, 0.4) is 0 Å². The first-order valence-corrected chi connectivity index (χ1v) is 12.1. The summed E-state index contributed by atoms with van der Waals surface area (Å²) >= 11 is 0. The summed E-state index contributed by atoms with van der Waals surface area (Å²) in [6.45, 7) is 0. The van der Waals surface area contributed by atoms with Crippen LogP contribution in [0, 0.1) is 0 Å². The van der Waals surface area contributed by atoms with Crippen molar-refractivity contribution in [1.29, 1.82) is 0 Å². The molecule has 0 unspecified atom stereocenters. The van der Waals surface area contributed by atoms with Crippen LogP contribution in [0.1, 0.15) is 11.1 Å². The topological polar surface area (TPSA) is 0 Å². The zero-order valence-corrected chi connectivity index (χ0v) is 16.3. The van der Waals surface area contributed by atoms with E-state index in [1.807, 2.05) is 0 Å². The van der Waals surface area contributed by atoms with Gasteiger partial charge in [0, 0.05) is 0 Å². The van der Waals surface area contributed by atoms with Crippen LogP contribution in [-0.2, 0) is 12.3 Å². The molecule has 0 radical (unpaired) electrons. The Balaban J connectivity index is 1.83. The Morgan fingerprint density at radius 1 is 0.407 bits per heavy atom. The fraction of sp³-hybridized carbons (Fsp3) is 0.0769. The molecule has 0 nitrogen and oxygen atoms in total. The standard InChI is InChI=1S/C26H23P/c1-3-13-23(14-4-1)27(24-15-5-2-6-16-24)19-21-11-7-9-17-25(21)26-18-10-8-12-22(26)20-27/h1-18,27H,19-20H2. The van der Waals surface area contributed by atoms with Gasteiger partial charge in [-0.15, -0.1) is 0 Å². The second kappa shape index (κ2) is 6.80. The molecule has 132 valence electrons. The molecule has 4 aromatic rings. The molecule has 1 aliphatic heterocycles. The van der Waals surface area contributed by atoms with Gasteiger partial charge in [-0.05, 0) is 0 Å². The molecule has 0 N–H and O–H groups in total. The fourth-order valence-corrected chi connectivity index (χ4v) is 9.53. The van der Waals surface area contributed by atoms with Crippen molar-refractivity contribution in [2.24, 2.45) is 0 Å². The van der Waals surface area contributed by atoms with Gasteiger partial charge in [-0.25, -0.2) is 0 Å². The van der Waals surface area contributed by atoms with Crippen molar-refractivity contribution < 1.29 is 0 Å². The van der Waals surface area contributed by atoms with Gasteiger partial charge in [0.15, 0.2) is 0 Å². The van der Waals surface area contributed by atoms with Gasteiger partial charge < -0.3 is 0 Å². The fourth-order valence-electron chi connectivity index (χ4n) is 4.68. The molecular weight excluding hydrogens is 343 g/mol. The Bertz CT molecular complexity index is 978. The van der Waals surface area contributed by atoms with Crippen molar-refractivity contribution in [3.05, 3.63) is 120 Å². The molecule has 0 aliphatic carbocycles. The third-order valence-electron chi connectivity index (χ3n) is 5.96. The van der Waals surface area contributed by atoms with Gasteiger partial charge in [0.2, 0.25) is 0 Å². The Morgan fingerprint density at radius 3 is 1.22 bits per heavy atom. The van der Waals surface area contributed by atoms with Crippen molar-refractivity contribution >= 4 is 17.9 Å². The van der Waals surface area contributed by atoms with E-state index in [1.54, 1.807) is 0 Å². The first kappa shape index (κ1) is 16.5. The molecule has 1 heteroatoms. The molecule has 0 saturated carbocycles. The van der Waals surface area contributed by atoms with Crippen LogP contribution >= 0.6 is 7.26 Å². The Morgan fingerprint density at radius 2 is 0.778 bits per heavy atom. The van der Waals surface area contributed by atoms with E-state index < -0.39 is 7.26 Å². The number of fused-ring (bicyclic) bond motifs is 3. The van der Waals surface area contributed by atoms with Crippen LogP contribution in [0.25, 0.3) is 11.1 Å². The summed E-state index contributed by atoms with van der Waals surface area (Å²) in [5.74, 6) is 0. The van der Waals surface area contributed by atoms with E-state index in [0.29, 0.717) is 0 Å². The SMILES string of the molecule is c1ccc([PH]2(c3ccccc3)Cc3ccccc3-c3ccccc3C2)cc1. The van der Waals surface area contributed by atoms with Crippen molar-refractivity contribution in [3.8, 4) is 11.1 Å². The number of hydrogen-bond acceptors (Lipinski definition) is 0. The van der Waals surface area contributed by atoms with Crippen molar-refractivity contribution in [1.82, 2.24) is 0 Å². The quantitative estimate of drug-likeness (QED) is 0.395. The van der Waals surface area contributed by atoms with Gasteiger partial charge in [0.1, 0.15) is 0 Å². The molecular formula is C26H23P.